The summed E-state index contributed by atoms with van der Waals surface area (Å²) in [7, 11) is 0. The Labute approximate surface area is 272 Å². The zero-order valence-electron chi connectivity index (χ0n) is 27.3. The van der Waals surface area contributed by atoms with Crippen LogP contribution in [0.4, 0.5) is 0 Å². The molecule has 0 aliphatic rings. The first-order valence-corrected chi connectivity index (χ1v) is 16.2. The van der Waals surface area contributed by atoms with Gasteiger partial charge in [0, 0.05) is 6.42 Å². The minimum absolute atomic E-state index is 0.102. The van der Waals surface area contributed by atoms with Gasteiger partial charge in [0.15, 0.2) is 11.5 Å². The summed E-state index contributed by atoms with van der Waals surface area (Å²) < 4.78 is 29.8. The molecule has 0 saturated carbocycles. The molecule has 0 aliphatic carbocycles. The number of amides is 1. The van der Waals surface area contributed by atoms with Crippen molar-refractivity contribution in [3.05, 3.63) is 89.5 Å². The van der Waals surface area contributed by atoms with E-state index in [2.05, 4.69) is 26.1 Å². The summed E-state index contributed by atoms with van der Waals surface area (Å²) in [6.07, 6.45) is 5.32. The molecule has 0 bridgehead atoms. The number of unbranched alkanes of at least 4 members (excludes halogenated alkanes) is 3. The fraction of sp³-hybridized carbons (Fsp3) is 0.432. The van der Waals surface area contributed by atoms with E-state index in [0.717, 1.165) is 49.7 Å². The molecule has 0 aliphatic heterocycles. The fourth-order valence-corrected chi connectivity index (χ4v) is 4.56. The third-order valence-corrected chi connectivity index (χ3v) is 7.23. The van der Waals surface area contributed by atoms with Crippen LogP contribution in [0.25, 0.3) is 0 Å². The predicted molar refractivity (Wildman–Crippen MR) is 176 cm³/mol. The number of benzene rings is 3. The van der Waals surface area contributed by atoms with E-state index in [1.165, 1.54) is 0 Å². The molecule has 9 heteroatoms. The minimum Gasteiger partial charge on any atom is -0.490 e. The Balaban J connectivity index is 2.05. The zero-order valence-corrected chi connectivity index (χ0v) is 27.3. The highest BCUT2D eigenvalue weighted by Crippen LogP contribution is 2.40. The molecule has 46 heavy (non-hydrogen) atoms. The van der Waals surface area contributed by atoms with Crippen molar-refractivity contribution in [2.75, 3.05) is 19.8 Å². The normalized spacial score (nSPS) is 10.9. The minimum atomic E-state index is -2.20. The fourth-order valence-electron chi connectivity index (χ4n) is 4.56. The molecular weight excluding hydrogens is 586 g/mol. The summed E-state index contributed by atoms with van der Waals surface area (Å²) in [5.74, 6) is -0.567. The van der Waals surface area contributed by atoms with Gasteiger partial charge >= 0.3 is 11.9 Å². The lowest BCUT2D eigenvalue weighted by Gasteiger charge is -2.29. The number of ether oxygens (including phenoxy) is 5. The first-order chi connectivity index (χ1) is 22.5. The van der Waals surface area contributed by atoms with E-state index in [0.29, 0.717) is 49.0 Å². The van der Waals surface area contributed by atoms with Crippen LogP contribution in [0.15, 0.2) is 72.8 Å². The van der Waals surface area contributed by atoms with Crippen molar-refractivity contribution in [3.63, 3.8) is 0 Å². The first kappa shape index (κ1) is 35.9. The Morgan fingerprint density at radius 2 is 1.09 bits per heavy atom. The van der Waals surface area contributed by atoms with Gasteiger partial charge in [-0.05, 0) is 48.1 Å². The van der Waals surface area contributed by atoms with Crippen LogP contribution in [0.3, 0.4) is 0 Å². The van der Waals surface area contributed by atoms with Crippen molar-refractivity contribution in [1.29, 1.82) is 0 Å². The van der Waals surface area contributed by atoms with Crippen molar-refractivity contribution in [3.8, 4) is 17.2 Å². The van der Waals surface area contributed by atoms with Gasteiger partial charge in [-0.2, -0.15) is 0 Å². The highest BCUT2D eigenvalue weighted by Gasteiger charge is 2.50. The summed E-state index contributed by atoms with van der Waals surface area (Å²) >= 11 is 0. The number of hydrogen-bond donors (Lipinski definition) is 1. The first-order valence-electron chi connectivity index (χ1n) is 16.2. The van der Waals surface area contributed by atoms with Gasteiger partial charge in [-0.15, -0.1) is 0 Å². The molecular formula is C37H47NO8. The van der Waals surface area contributed by atoms with Crippen LogP contribution in [0.2, 0.25) is 0 Å². The van der Waals surface area contributed by atoms with Crippen molar-refractivity contribution < 1.29 is 38.1 Å². The van der Waals surface area contributed by atoms with Crippen LogP contribution in [-0.4, -0.2) is 43.7 Å². The van der Waals surface area contributed by atoms with E-state index in [1.807, 2.05) is 36.4 Å². The van der Waals surface area contributed by atoms with Crippen molar-refractivity contribution in [2.24, 2.45) is 0 Å². The lowest BCUT2D eigenvalue weighted by molar-refractivity contribution is -0.169. The van der Waals surface area contributed by atoms with E-state index in [9.17, 15) is 14.4 Å². The van der Waals surface area contributed by atoms with Crippen LogP contribution >= 0.6 is 0 Å². The number of carbonyl (C=O) groups excluding carboxylic acids is 3. The average molecular weight is 634 g/mol. The van der Waals surface area contributed by atoms with Gasteiger partial charge in [-0.3, -0.25) is 4.79 Å². The second-order valence-electron chi connectivity index (χ2n) is 11.0. The van der Waals surface area contributed by atoms with Crippen molar-refractivity contribution >= 4 is 18.3 Å². The quantitative estimate of drug-likeness (QED) is 0.0561. The largest absolute Gasteiger partial charge is 0.490 e. The van der Waals surface area contributed by atoms with Gasteiger partial charge in [0.1, 0.15) is 13.2 Å². The van der Waals surface area contributed by atoms with Gasteiger partial charge in [-0.1, -0.05) is 101 Å². The number of rotatable bonds is 22. The van der Waals surface area contributed by atoms with Gasteiger partial charge in [0.2, 0.25) is 17.7 Å². The maximum absolute atomic E-state index is 13.9. The second-order valence-corrected chi connectivity index (χ2v) is 11.0. The standard InChI is InChI=1S/C37H47NO8/c1-4-7-20-42-32-23-31(24-33(43-21-8-5-2)34(32)44-22-9-6-3)25-37(38-28-39,35(40)45-26-29-16-12-10-13-17-29)36(41)46-27-30-18-14-11-15-19-30/h10-19,23-24,28H,4-9,20-22,25-27H2,1-3H3,(H,38,39). The molecule has 0 unspecified atom stereocenters. The molecule has 3 rings (SSSR count). The van der Waals surface area contributed by atoms with Crippen LogP contribution < -0.4 is 19.5 Å². The Morgan fingerprint density at radius 3 is 1.50 bits per heavy atom. The summed E-state index contributed by atoms with van der Waals surface area (Å²) in [6, 6.07) is 21.6. The Hall–Kier alpha value is -4.53. The molecule has 248 valence electrons. The zero-order chi connectivity index (χ0) is 33.0. The van der Waals surface area contributed by atoms with E-state index in [-0.39, 0.29) is 19.6 Å². The maximum Gasteiger partial charge on any atom is 0.344 e. The van der Waals surface area contributed by atoms with Gasteiger partial charge in [0.25, 0.3) is 0 Å². The molecule has 0 atom stereocenters. The topological polar surface area (TPSA) is 109 Å². The van der Waals surface area contributed by atoms with Gasteiger partial charge in [0.05, 0.1) is 19.8 Å². The molecule has 0 heterocycles. The van der Waals surface area contributed by atoms with Crippen molar-refractivity contribution in [2.45, 2.75) is 84.5 Å². The van der Waals surface area contributed by atoms with Gasteiger partial charge < -0.3 is 29.0 Å². The summed E-state index contributed by atoms with van der Waals surface area (Å²) in [6.45, 7) is 7.36. The third kappa shape index (κ3) is 10.8. The van der Waals surface area contributed by atoms with Gasteiger partial charge in [-0.25, -0.2) is 9.59 Å². The molecule has 3 aromatic rings. The van der Waals surface area contributed by atoms with E-state index >= 15 is 0 Å². The smallest absolute Gasteiger partial charge is 0.344 e. The number of nitrogens with one attached hydrogen (secondary N) is 1. The van der Waals surface area contributed by atoms with Crippen LogP contribution in [0.1, 0.15) is 76.0 Å². The monoisotopic (exact) mass is 633 g/mol. The molecule has 0 spiro atoms. The molecule has 1 amide bonds. The number of esters is 2. The maximum atomic E-state index is 13.9. The SMILES string of the molecule is CCCCOc1cc(CC(NC=O)(C(=O)OCc2ccccc2)C(=O)OCc2ccccc2)cc(OCCCC)c1OCCCC. The predicted octanol–water partition coefficient (Wildman–Crippen LogP) is 6.74. The Kier molecular flexibility index (Phi) is 15.4. The summed E-state index contributed by atoms with van der Waals surface area (Å²) in [5.41, 5.74) is -0.263. The van der Waals surface area contributed by atoms with Crippen LogP contribution in [-0.2, 0) is 43.5 Å². The highest BCUT2D eigenvalue weighted by atomic mass is 16.6. The molecule has 9 nitrogen and oxygen atoms in total. The third-order valence-electron chi connectivity index (χ3n) is 7.23. The molecule has 1 N–H and O–H groups in total. The average Bonchev–Trinajstić information content (AvgIpc) is 3.08. The lowest BCUT2D eigenvalue weighted by atomic mass is 9.90. The number of hydrogen-bond acceptors (Lipinski definition) is 8. The molecule has 0 fully saturated rings. The van der Waals surface area contributed by atoms with Crippen LogP contribution in [0.5, 0.6) is 17.2 Å². The lowest BCUT2D eigenvalue weighted by Crippen LogP contribution is -2.60. The van der Waals surface area contributed by atoms with E-state index < -0.39 is 17.5 Å². The van der Waals surface area contributed by atoms with Crippen molar-refractivity contribution in [1.82, 2.24) is 5.32 Å². The van der Waals surface area contributed by atoms with Crippen LogP contribution in [0, 0.1) is 0 Å². The highest BCUT2D eigenvalue weighted by molar-refractivity contribution is 6.06. The summed E-state index contributed by atoms with van der Waals surface area (Å²) in [4.78, 5) is 39.8. The number of carbonyl (C=O) groups is 3. The molecule has 0 aromatic heterocycles. The second kappa shape index (κ2) is 19.8. The summed E-state index contributed by atoms with van der Waals surface area (Å²) in [5, 5.41) is 2.47. The molecule has 0 radical (unpaired) electrons. The van der Waals surface area contributed by atoms with E-state index in [4.69, 9.17) is 23.7 Å². The molecule has 0 saturated heterocycles. The Morgan fingerprint density at radius 1 is 0.652 bits per heavy atom. The molecule has 3 aromatic carbocycles. The Bertz CT molecular complexity index is 1260. The van der Waals surface area contributed by atoms with E-state index in [1.54, 1.807) is 36.4 Å².